The van der Waals surface area contributed by atoms with Gasteiger partial charge in [-0.3, -0.25) is 0 Å². The molecule has 0 aromatic heterocycles. The first kappa shape index (κ1) is 15.5. The average Bonchev–Trinajstić information content (AvgIpc) is 2.44. The first-order chi connectivity index (χ1) is 9.21. The molecule has 0 saturated carbocycles. The molecule has 0 saturated heterocycles. The fourth-order valence-corrected chi connectivity index (χ4v) is 2.01. The van der Waals surface area contributed by atoms with E-state index in [1.165, 1.54) is 12.8 Å². The number of nitrogens with one attached hydrogen (secondary N) is 1. The third-order valence-electron chi connectivity index (χ3n) is 3.14. The van der Waals surface area contributed by atoms with E-state index in [9.17, 15) is 4.79 Å². The molecule has 1 aromatic carbocycles. The average molecular weight is 263 g/mol. The van der Waals surface area contributed by atoms with Crippen LogP contribution in [0.5, 0.6) is 0 Å². The van der Waals surface area contributed by atoms with Crippen LogP contribution >= 0.6 is 0 Å². The summed E-state index contributed by atoms with van der Waals surface area (Å²) in [6.45, 7) is 6.61. The second kappa shape index (κ2) is 8.57. The minimum Gasteiger partial charge on any atom is -0.462 e. The molecule has 0 heterocycles. The highest BCUT2D eigenvalue weighted by Crippen LogP contribution is 2.16. The zero-order chi connectivity index (χ0) is 14.1. The lowest BCUT2D eigenvalue weighted by Crippen LogP contribution is -2.18. The zero-order valence-electron chi connectivity index (χ0n) is 12.2. The van der Waals surface area contributed by atoms with Crippen LogP contribution in [-0.4, -0.2) is 18.6 Å². The molecule has 0 fully saturated rings. The van der Waals surface area contributed by atoms with Crippen LogP contribution in [0, 0.1) is 0 Å². The van der Waals surface area contributed by atoms with Gasteiger partial charge < -0.3 is 10.1 Å². The monoisotopic (exact) mass is 263 g/mol. The van der Waals surface area contributed by atoms with Crippen molar-refractivity contribution in [2.45, 2.75) is 52.5 Å². The highest BCUT2D eigenvalue weighted by atomic mass is 16.5. The van der Waals surface area contributed by atoms with Gasteiger partial charge in [-0.05, 0) is 38.0 Å². The van der Waals surface area contributed by atoms with Gasteiger partial charge in [0.1, 0.15) is 0 Å². The molecule has 1 rings (SSSR count). The number of ether oxygens (including phenoxy) is 1. The summed E-state index contributed by atoms with van der Waals surface area (Å²) in [6, 6.07) is 8.01. The Morgan fingerprint density at radius 3 is 2.74 bits per heavy atom. The smallest absolute Gasteiger partial charge is 0.338 e. The standard InChI is InChI=1S/C16H25NO2/c1-4-7-10-14(5-2)17-15-11-8-9-13(12-15)16(18)19-6-3/h8-9,11-12,14,17H,4-7,10H2,1-3H3. The minimum atomic E-state index is -0.257. The Labute approximate surface area is 116 Å². The lowest BCUT2D eigenvalue weighted by Gasteiger charge is -2.18. The number of carbonyl (C=O) groups is 1. The number of benzene rings is 1. The number of rotatable bonds is 8. The summed E-state index contributed by atoms with van der Waals surface area (Å²) in [5, 5.41) is 3.49. The summed E-state index contributed by atoms with van der Waals surface area (Å²) in [6.07, 6.45) is 4.68. The number of carbonyl (C=O) groups excluding carboxylic acids is 1. The predicted molar refractivity (Wildman–Crippen MR) is 79.6 cm³/mol. The Morgan fingerprint density at radius 2 is 2.11 bits per heavy atom. The first-order valence-corrected chi connectivity index (χ1v) is 7.24. The molecule has 19 heavy (non-hydrogen) atoms. The molecule has 0 bridgehead atoms. The number of hydrogen-bond donors (Lipinski definition) is 1. The van der Waals surface area contributed by atoms with Crippen LogP contribution in [0.2, 0.25) is 0 Å². The summed E-state index contributed by atoms with van der Waals surface area (Å²) in [7, 11) is 0. The van der Waals surface area contributed by atoms with Crippen molar-refractivity contribution < 1.29 is 9.53 Å². The normalized spacial score (nSPS) is 11.9. The van der Waals surface area contributed by atoms with E-state index in [-0.39, 0.29) is 5.97 Å². The third kappa shape index (κ3) is 5.33. The second-order valence-electron chi connectivity index (χ2n) is 4.69. The molecule has 1 N–H and O–H groups in total. The molecule has 3 heteroatoms. The van der Waals surface area contributed by atoms with Gasteiger partial charge in [-0.25, -0.2) is 4.79 Å². The van der Waals surface area contributed by atoms with Crippen molar-refractivity contribution in [1.82, 2.24) is 0 Å². The van der Waals surface area contributed by atoms with Crippen molar-refractivity contribution in [2.75, 3.05) is 11.9 Å². The SMILES string of the molecule is CCCCC(CC)Nc1cccc(C(=O)OCC)c1. The Kier molecular flexibility index (Phi) is 7.01. The van der Waals surface area contributed by atoms with Gasteiger partial charge in [0.05, 0.1) is 12.2 Å². The van der Waals surface area contributed by atoms with E-state index in [2.05, 4.69) is 19.2 Å². The topological polar surface area (TPSA) is 38.3 Å². The highest BCUT2D eigenvalue weighted by molar-refractivity contribution is 5.90. The van der Waals surface area contributed by atoms with E-state index >= 15 is 0 Å². The molecule has 106 valence electrons. The van der Waals surface area contributed by atoms with Crippen molar-refractivity contribution in [3.8, 4) is 0 Å². The van der Waals surface area contributed by atoms with Gasteiger partial charge in [-0.1, -0.05) is 32.8 Å². The predicted octanol–water partition coefficient (Wildman–Crippen LogP) is 4.24. The van der Waals surface area contributed by atoms with E-state index in [4.69, 9.17) is 4.74 Å². The lowest BCUT2D eigenvalue weighted by atomic mass is 10.1. The maximum absolute atomic E-state index is 11.7. The number of anilines is 1. The summed E-state index contributed by atoms with van der Waals surface area (Å²) in [5.41, 5.74) is 1.60. The molecule has 1 unspecified atom stereocenters. The number of hydrogen-bond acceptors (Lipinski definition) is 3. The Bertz CT molecular complexity index is 390. The molecule has 1 atom stereocenters. The van der Waals surface area contributed by atoms with Crippen molar-refractivity contribution >= 4 is 11.7 Å². The van der Waals surface area contributed by atoms with Gasteiger partial charge in [0.15, 0.2) is 0 Å². The second-order valence-corrected chi connectivity index (χ2v) is 4.69. The van der Waals surface area contributed by atoms with Gasteiger partial charge >= 0.3 is 5.97 Å². The largest absolute Gasteiger partial charge is 0.462 e. The summed E-state index contributed by atoms with van der Waals surface area (Å²) < 4.78 is 5.01. The molecule has 0 spiro atoms. The molecular weight excluding hydrogens is 238 g/mol. The summed E-state index contributed by atoms with van der Waals surface area (Å²) in [5.74, 6) is -0.257. The van der Waals surface area contributed by atoms with Gasteiger partial charge in [0, 0.05) is 11.7 Å². The van der Waals surface area contributed by atoms with Gasteiger partial charge in [0.25, 0.3) is 0 Å². The third-order valence-corrected chi connectivity index (χ3v) is 3.14. The fraction of sp³-hybridized carbons (Fsp3) is 0.562. The van der Waals surface area contributed by atoms with Crippen LogP contribution in [0.25, 0.3) is 0 Å². The van der Waals surface area contributed by atoms with Gasteiger partial charge in [0.2, 0.25) is 0 Å². The Morgan fingerprint density at radius 1 is 1.32 bits per heavy atom. The van der Waals surface area contributed by atoms with E-state index in [0.29, 0.717) is 18.2 Å². The Balaban J connectivity index is 2.67. The van der Waals surface area contributed by atoms with Crippen molar-refractivity contribution in [3.05, 3.63) is 29.8 Å². The van der Waals surface area contributed by atoms with Crippen LogP contribution in [0.1, 0.15) is 56.8 Å². The quantitative estimate of drug-likeness (QED) is 0.713. The van der Waals surface area contributed by atoms with E-state index < -0.39 is 0 Å². The summed E-state index contributed by atoms with van der Waals surface area (Å²) >= 11 is 0. The van der Waals surface area contributed by atoms with Crippen molar-refractivity contribution in [2.24, 2.45) is 0 Å². The van der Waals surface area contributed by atoms with Crippen LogP contribution in [-0.2, 0) is 4.74 Å². The number of unbranched alkanes of at least 4 members (excludes halogenated alkanes) is 1. The lowest BCUT2D eigenvalue weighted by molar-refractivity contribution is 0.0526. The zero-order valence-corrected chi connectivity index (χ0v) is 12.2. The maximum atomic E-state index is 11.7. The fourth-order valence-electron chi connectivity index (χ4n) is 2.01. The molecule has 3 nitrogen and oxygen atoms in total. The van der Waals surface area contributed by atoms with Gasteiger partial charge in [-0.2, -0.15) is 0 Å². The van der Waals surface area contributed by atoms with E-state index in [0.717, 1.165) is 18.5 Å². The molecule has 1 aromatic rings. The first-order valence-electron chi connectivity index (χ1n) is 7.24. The van der Waals surface area contributed by atoms with Crippen LogP contribution in [0.3, 0.4) is 0 Å². The van der Waals surface area contributed by atoms with Crippen LogP contribution in [0.15, 0.2) is 24.3 Å². The molecule has 0 radical (unpaired) electrons. The van der Waals surface area contributed by atoms with E-state index in [1.54, 1.807) is 6.07 Å². The minimum absolute atomic E-state index is 0.257. The van der Waals surface area contributed by atoms with E-state index in [1.807, 2.05) is 25.1 Å². The van der Waals surface area contributed by atoms with Crippen LogP contribution < -0.4 is 5.32 Å². The summed E-state index contributed by atoms with van der Waals surface area (Å²) in [4.78, 5) is 11.7. The van der Waals surface area contributed by atoms with Crippen molar-refractivity contribution in [1.29, 1.82) is 0 Å². The molecule has 0 aliphatic rings. The van der Waals surface area contributed by atoms with Gasteiger partial charge in [-0.15, -0.1) is 0 Å². The highest BCUT2D eigenvalue weighted by Gasteiger charge is 2.09. The Hall–Kier alpha value is -1.51. The van der Waals surface area contributed by atoms with Crippen molar-refractivity contribution in [3.63, 3.8) is 0 Å². The molecule has 0 amide bonds. The molecule has 0 aliphatic carbocycles. The molecule has 0 aliphatic heterocycles. The number of esters is 1. The molecular formula is C16H25NO2. The maximum Gasteiger partial charge on any atom is 0.338 e. The van der Waals surface area contributed by atoms with Crippen LogP contribution in [0.4, 0.5) is 5.69 Å².